The van der Waals surface area contributed by atoms with Gasteiger partial charge in [0.25, 0.3) is 0 Å². The van der Waals surface area contributed by atoms with Gasteiger partial charge in [0.2, 0.25) is 5.91 Å². The molecule has 2 aromatic carbocycles. The molecule has 4 nitrogen and oxygen atoms in total. The van der Waals surface area contributed by atoms with E-state index in [1.807, 2.05) is 45.0 Å². The topological polar surface area (TPSA) is 54.0 Å². The van der Waals surface area contributed by atoms with Gasteiger partial charge in [-0.3, -0.25) is 4.79 Å². The number of amides is 1. The number of rotatable bonds is 4. The first-order valence-corrected chi connectivity index (χ1v) is 8.42. The zero-order chi connectivity index (χ0) is 18.0. The molecule has 1 aromatic heterocycles. The summed E-state index contributed by atoms with van der Waals surface area (Å²) in [6.07, 6.45) is 0. The van der Waals surface area contributed by atoms with Gasteiger partial charge < -0.3 is 10.6 Å². The van der Waals surface area contributed by atoms with Crippen LogP contribution in [0, 0.1) is 27.7 Å². The van der Waals surface area contributed by atoms with E-state index in [1.54, 1.807) is 0 Å². The lowest BCUT2D eigenvalue weighted by Crippen LogP contribution is -2.23. The molecule has 0 fully saturated rings. The third-order valence-corrected chi connectivity index (χ3v) is 4.29. The summed E-state index contributed by atoms with van der Waals surface area (Å²) in [5.41, 5.74) is 6.30. The fourth-order valence-electron chi connectivity index (χ4n) is 3.17. The summed E-state index contributed by atoms with van der Waals surface area (Å²) in [6.45, 7) is 8.31. The van der Waals surface area contributed by atoms with Crippen molar-refractivity contribution < 1.29 is 4.79 Å². The average Bonchev–Trinajstić information content (AvgIpc) is 2.56. The number of carbonyl (C=O) groups excluding carboxylic acids is 1. The molecule has 3 aromatic rings. The van der Waals surface area contributed by atoms with Crippen LogP contribution in [0.25, 0.3) is 10.9 Å². The van der Waals surface area contributed by atoms with E-state index in [9.17, 15) is 4.79 Å². The van der Waals surface area contributed by atoms with E-state index < -0.39 is 0 Å². The van der Waals surface area contributed by atoms with Gasteiger partial charge in [-0.15, -0.1) is 0 Å². The van der Waals surface area contributed by atoms with Gasteiger partial charge in [-0.2, -0.15) is 0 Å². The van der Waals surface area contributed by atoms with Crippen LogP contribution in [0.15, 0.2) is 42.5 Å². The summed E-state index contributed by atoms with van der Waals surface area (Å²) < 4.78 is 0. The van der Waals surface area contributed by atoms with E-state index in [0.717, 1.165) is 33.3 Å². The van der Waals surface area contributed by atoms with E-state index in [2.05, 4.69) is 40.7 Å². The number of aromatic nitrogens is 1. The fraction of sp³-hybridized carbons (Fsp3) is 0.238. The maximum Gasteiger partial charge on any atom is 0.243 e. The van der Waals surface area contributed by atoms with Crippen molar-refractivity contribution in [2.45, 2.75) is 27.7 Å². The first-order chi connectivity index (χ1) is 11.9. The Morgan fingerprint density at radius 2 is 1.64 bits per heavy atom. The summed E-state index contributed by atoms with van der Waals surface area (Å²) >= 11 is 0. The first kappa shape index (κ1) is 17.0. The minimum absolute atomic E-state index is 0.0809. The minimum atomic E-state index is -0.0809. The highest BCUT2D eigenvalue weighted by Crippen LogP contribution is 2.22. The molecule has 0 aliphatic carbocycles. The molecule has 1 amide bonds. The fourth-order valence-corrected chi connectivity index (χ4v) is 3.17. The lowest BCUT2D eigenvalue weighted by atomic mass is 10.1. The van der Waals surface area contributed by atoms with Gasteiger partial charge in [-0.25, -0.2) is 4.98 Å². The Labute approximate surface area is 148 Å². The Hall–Kier alpha value is -2.88. The first-order valence-electron chi connectivity index (χ1n) is 8.42. The zero-order valence-corrected chi connectivity index (χ0v) is 15.1. The number of fused-ring (bicyclic) bond motifs is 1. The number of nitrogens with one attached hydrogen (secondary N) is 2. The minimum Gasteiger partial charge on any atom is -0.361 e. The van der Waals surface area contributed by atoms with Gasteiger partial charge in [0.05, 0.1) is 12.1 Å². The molecule has 4 heteroatoms. The Kier molecular flexibility index (Phi) is 4.70. The molecule has 0 saturated heterocycles. The van der Waals surface area contributed by atoms with Crippen molar-refractivity contribution in [1.29, 1.82) is 0 Å². The Balaban J connectivity index is 1.71. The van der Waals surface area contributed by atoms with Crippen molar-refractivity contribution in [2.75, 3.05) is 17.2 Å². The molecular weight excluding hydrogens is 310 g/mol. The van der Waals surface area contributed by atoms with Gasteiger partial charge in [0.15, 0.2) is 0 Å². The molecule has 1 heterocycles. The lowest BCUT2D eigenvalue weighted by Gasteiger charge is -2.14. The third kappa shape index (κ3) is 3.79. The molecule has 0 unspecified atom stereocenters. The molecule has 0 aliphatic rings. The lowest BCUT2D eigenvalue weighted by molar-refractivity contribution is -0.114. The monoisotopic (exact) mass is 333 g/mol. The maximum absolute atomic E-state index is 12.3. The molecule has 0 radical (unpaired) electrons. The van der Waals surface area contributed by atoms with E-state index in [0.29, 0.717) is 5.82 Å². The molecule has 3 rings (SSSR count). The standard InChI is InChI=1S/C21H23N3O/c1-13-9-15(3)21(16(4)10-13)24-20(25)12-22-19-11-14(2)17-7-5-6-8-18(17)23-19/h5-11H,12H2,1-4H3,(H,22,23)(H,24,25). The van der Waals surface area contributed by atoms with Crippen molar-refractivity contribution in [3.63, 3.8) is 0 Å². The van der Waals surface area contributed by atoms with Crippen LogP contribution < -0.4 is 10.6 Å². The highest BCUT2D eigenvalue weighted by Gasteiger charge is 2.09. The number of nitrogens with zero attached hydrogens (tertiary/aromatic N) is 1. The number of para-hydroxylation sites is 1. The molecule has 0 spiro atoms. The molecule has 0 bridgehead atoms. The van der Waals surface area contributed by atoms with Gasteiger partial charge >= 0.3 is 0 Å². The Morgan fingerprint density at radius 3 is 2.36 bits per heavy atom. The summed E-state index contributed by atoms with van der Waals surface area (Å²) in [4.78, 5) is 16.9. The molecule has 128 valence electrons. The van der Waals surface area contributed by atoms with Crippen molar-refractivity contribution in [2.24, 2.45) is 0 Å². The second-order valence-corrected chi connectivity index (χ2v) is 6.52. The van der Waals surface area contributed by atoms with Gasteiger partial charge in [0.1, 0.15) is 5.82 Å². The van der Waals surface area contributed by atoms with Crippen LogP contribution in [0.4, 0.5) is 11.5 Å². The average molecular weight is 333 g/mol. The number of hydrogen-bond acceptors (Lipinski definition) is 3. The third-order valence-electron chi connectivity index (χ3n) is 4.29. The van der Waals surface area contributed by atoms with Crippen LogP contribution in [0.5, 0.6) is 0 Å². The van der Waals surface area contributed by atoms with E-state index in [1.165, 1.54) is 5.56 Å². The number of carbonyl (C=O) groups is 1. The number of benzene rings is 2. The van der Waals surface area contributed by atoms with E-state index >= 15 is 0 Å². The predicted molar refractivity (Wildman–Crippen MR) is 104 cm³/mol. The zero-order valence-electron chi connectivity index (χ0n) is 15.1. The van der Waals surface area contributed by atoms with Gasteiger partial charge in [-0.1, -0.05) is 35.9 Å². The van der Waals surface area contributed by atoms with Crippen LogP contribution in [-0.4, -0.2) is 17.4 Å². The highest BCUT2D eigenvalue weighted by atomic mass is 16.1. The van der Waals surface area contributed by atoms with E-state index in [4.69, 9.17) is 0 Å². The van der Waals surface area contributed by atoms with E-state index in [-0.39, 0.29) is 12.5 Å². The number of anilines is 2. The second kappa shape index (κ2) is 6.93. The van der Waals surface area contributed by atoms with Crippen LogP contribution in [0.1, 0.15) is 22.3 Å². The van der Waals surface area contributed by atoms with Crippen molar-refractivity contribution in [3.8, 4) is 0 Å². The van der Waals surface area contributed by atoms with Crippen LogP contribution >= 0.6 is 0 Å². The number of aryl methyl sites for hydroxylation is 4. The SMILES string of the molecule is Cc1cc(C)c(NC(=O)CNc2cc(C)c3ccccc3n2)c(C)c1. The van der Waals surface area contributed by atoms with Crippen LogP contribution in [-0.2, 0) is 4.79 Å². The molecule has 0 aliphatic heterocycles. The molecule has 2 N–H and O–H groups in total. The maximum atomic E-state index is 12.3. The van der Waals surface area contributed by atoms with Gasteiger partial charge in [-0.05, 0) is 56.5 Å². The molecule has 0 atom stereocenters. The number of pyridine rings is 1. The largest absolute Gasteiger partial charge is 0.361 e. The highest BCUT2D eigenvalue weighted by molar-refractivity contribution is 5.95. The summed E-state index contributed by atoms with van der Waals surface area (Å²) in [5, 5.41) is 7.25. The number of hydrogen-bond donors (Lipinski definition) is 2. The normalized spacial score (nSPS) is 10.7. The molecular formula is C21H23N3O. The summed E-state index contributed by atoms with van der Waals surface area (Å²) in [6, 6.07) is 14.1. The van der Waals surface area contributed by atoms with Gasteiger partial charge in [0, 0.05) is 11.1 Å². The summed E-state index contributed by atoms with van der Waals surface area (Å²) in [7, 11) is 0. The second-order valence-electron chi connectivity index (χ2n) is 6.52. The van der Waals surface area contributed by atoms with Crippen LogP contribution in [0.2, 0.25) is 0 Å². The van der Waals surface area contributed by atoms with Crippen LogP contribution in [0.3, 0.4) is 0 Å². The molecule has 25 heavy (non-hydrogen) atoms. The molecule has 0 saturated carbocycles. The quantitative estimate of drug-likeness (QED) is 0.738. The van der Waals surface area contributed by atoms with Crippen molar-refractivity contribution in [3.05, 3.63) is 64.7 Å². The Bertz CT molecular complexity index is 924. The predicted octanol–water partition coefficient (Wildman–Crippen LogP) is 4.52. The van der Waals surface area contributed by atoms with Crippen molar-refractivity contribution in [1.82, 2.24) is 4.98 Å². The summed E-state index contributed by atoms with van der Waals surface area (Å²) in [5.74, 6) is 0.631. The van der Waals surface area contributed by atoms with Crippen molar-refractivity contribution >= 4 is 28.3 Å². The Morgan fingerprint density at radius 1 is 0.960 bits per heavy atom. The smallest absolute Gasteiger partial charge is 0.243 e.